The molecule has 0 fully saturated rings. The van der Waals surface area contributed by atoms with Crippen LogP contribution in [0.15, 0.2) is 107 Å². The van der Waals surface area contributed by atoms with E-state index in [0.29, 0.717) is 5.69 Å². The smallest absolute Gasteiger partial charge is 0.257 e. The number of hydrogen-bond donors (Lipinski definition) is 0. The van der Waals surface area contributed by atoms with E-state index in [1.807, 2.05) is 43.3 Å². The summed E-state index contributed by atoms with van der Waals surface area (Å²) in [6.07, 6.45) is 4.71. The molecule has 0 aliphatic rings. The molecule has 0 saturated heterocycles. The second-order valence-corrected chi connectivity index (χ2v) is 7.72. The van der Waals surface area contributed by atoms with Crippen molar-refractivity contribution in [1.29, 1.82) is 0 Å². The quantitative estimate of drug-likeness (QED) is 0.562. The minimum atomic E-state index is -3.73. The van der Waals surface area contributed by atoms with E-state index in [2.05, 4.69) is 4.99 Å². The van der Waals surface area contributed by atoms with Crippen LogP contribution in [0, 0.1) is 6.92 Å². The van der Waals surface area contributed by atoms with Crippen molar-refractivity contribution < 1.29 is 8.42 Å². The number of para-hydroxylation sites is 2. The molecule has 3 rings (SSSR count). The Kier molecular flexibility index (Phi) is 5.84. The number of hydrogen-bond acceptors (Lipinski definition) is 3. The second-order valence-electron chi connectivity index (χ2n) is 5.90. The van der Waals surface area contributed by atoms with Crippen LogP contribution in [0.25, 0.3) is 0 Å². The monoisotopic (exact) mass is 376 g/mol. The first-order valence-electron chi connectivity index (χ1n) is 8.49. The first-order valence-corrected chi connectivity index (χ1v) is 9.93. The van der Waals surface area contributed by atoms with Crippen LogP contribution in [0.5, 0.6) is 0 Å². The first kappa shape index (κ1) is 18.6. The van der Waals surface area contributed by atoms with Crippen molar-refractivity contribution in [1.82, 2.24) is 0 Å². The van der Waals surface area contributed by atoms with Crippen molar-refractivity contribution in [2.24, 2.45) is 4.99 Å². The zero-order valence-electron chi connectivity index (χ0n) is 14.9. The Labute approximate surface area is 160 Å². The highest BCUT2D eigenvalue weighted by Crippen LogP contribution is 2.24. The Bertz CT molecular complexity index is 1030. The van der Waals surface area contributed by atoms with Gasteiger partial charge in [-0.1, -0.05) is 54.1 Å². The van der Waals surface area contributed by atoms with Gasteiger partial charge in [0.2, 0.25) is 0 Å². The summed E-state index contributed by atoms with van der Waals surface area (Å²) in [4.78, 5) is 4.54. The average molecular weight is 376 g/mol. The third-order valence-corrected chi connectivity index (χ3v) is 5.59. The van der Waals surface area contributed by atoms with E-state index in [0.717, 1.165) is 11.3 Å². The lowest BCUT2D eigenvalue weighted by molar-refractivity contribution is 0.596. The lowest BCUT2D eigenvalue weighted by Crippen LogP contribution is -2.25. The van der Waals surface area contributed by atoms with E-state index in [9.17, 15) is 8.42 Å². The van der Waals surface area contributed by atoms with Crippen molar-refractivity contribution in [3.05, 3.63) is 103 Å². The van der Waals surface area contributed by atoms with Gasteiger partial charge >= 0.3 is 0 Å². The van der Waals surface area contributed by atoms with E-state index >= 15 is 0 Å². The number of sulfonamides is 1. The average Bonchev–Trinajstić information content (AvgIpc) is 2.69. The molecular formula is C22H20N2O2S. The van der Waals surface area contributed by atoms with Gasteiger partial charge in [0.05, 0.1) is 16.3 Å². The maximum absolute atomic E-state index is 13.1. The molecule has 0 heterocycles. The van der Waals surface area contributed by atoms with Crippen LogP contribution >= 0.6 is 0 Å². The van der Waals surface area contributed by atoms with E-state index in [1.54, 1.807) is 60.8 Å². The van der Waals surface area contributed by atoms with Crippen LogP contribution in [0.1, 0.15) is 5.56 Å². The summed E-state index contributed by atoms with van der Waals surface area (Å²) < 4.78 is 27.5. The lowest BCUT2D eigenvalue weighted by atomic mass is 10.2. The third-order valence-electron chi connectivity index (χ3n) is 3.88. The number of anilines is 1. The van der Waals surface area contributed by atoms with Crippen LogP contribution in [0.4, 0.5) is 11.4 Å². The summed E-state index contributed by atoms with van der Waals surface area (Å²) in [5, 5.41) is 0. The minimum Gasteiger partial charge on any atom is -0.257 e. The van der Waals surface area contributed by atoms with Gasteiger partial charge in [-0.3, -0.25) is 4.99 Å². The van der Waals surface area contributed by atoms with Gasteiger partial charge < -0.3 is 0 Å². The highest BCUT2D eigenvalue weighted by molar-refractivity contribution is 7.93. The molecule has 0 aliphatic carbocycles. The molecule has 136 valence electrons. The molecular weight excluding hydrogens is 356 g/mol. The normalized spacial score (nSPS) is 11.9. The number of allylic oxidation sites excluding steroid dienone is 1. The molecule has 0 amide bonds. The maximum atomic E-state index is 13.1. The van der Waals surface area contributed by atoms with Crippen LogP contribution < -0.4 is 4.31 Å². The molecule has 4 nitrogen and oxygen atoms in total. The zero-order chi connectivity index (χ0) is 19.1. The fourth-order valence-electron chi connectivity index (χ4n) is 2.46. The number of nitrogens with zero attached hydrogens (tertiary/aromatic N) is 2. The van der Waals surface area contributed by atoms with Gasteiger partial charge in [-0.25, -0.2) is 12.7 Å². The Morgan fingerprint density at radius 2 is 1.41 bits per heavy atom. The van der Waals surface area contributed by atoms with Crippen LogP contribution in [-0.2, 0) is 10.0 Å². The molecule has 0 saturated carbocycles. The predicted octanol–water partition coefficient (Wildman–Crippen LogP) is 5.11. The van der Waals surface area contributed by atoms with E-state index in [1.165, 1.54) is 10.5 Å². The van der Waals surface area contributed by atoms with Crippen molar-refractivity contribution in [3.63, 3.8) is 0 Å². The standard InChI is InChI=1S/C22H20N2O2S/c1-19-13-15-22(16-14-19)27(25,26)24(21-11-6-3-7-12-21)18-8-17-23-20-9-4-2-5-10-20/h2-18H,1H3/b18-8+,23-17?. The zero-order valence-corrected chi connectivity index (χ0v) is 15.8. The first-order chi connectivity index (χ1) is 13.1. The van der Waals surface area contributed by atoms with Crippen molar-refractivity contribution >= 4 is 27.6 Å². The van der Waals surface area contributed by atoms with Gasteiger partial charge in [0, 0.05) is 12.4 Å². The predicted molar refractivity (Wildman–Crippen MR) is 111 cm³/mol. The van der Waals surface area contributed by atoms with Crippen molar-refractivity contribution in [2.45, 2.75) is 11.8 Å². The number of benzene rings is 3. The maximum Gasteiger partial charge on any atom is 0.268 e. The molecule has 3 aromatic rings. The largest absolute Gasteiger partial charge is 0.268 e. The molecule has 0 atom stereocenters. The molecule has 0 aromatic heterocycles. The van der Waals surface area contributed by atoms with Gasteiger partial charge in [0.25, 0.3) is 10.0 Å². The fourth-order valence-corrected chi connectivity index (χ4v) is 3.80. The Morgan fingerprint density at radius 3 is 2.04 bits per heavy atom. The van der Waals surface area contributed by atoms with E-state index in [4.69, 9.17) is 0 Å². The summed E-state index contributed by atoms with van der Waals surface area (Å²) in [6, 6.07) is 25.2. The second kappa shape index (κ2) is 8.47. The Hall–Kier alpha value is -3.18. The van der Waals surface area contributed by atoms with Gasteiger partial charge in [-0.2, -0.15) is 0 Å². The van der Waals surface area contributed by atoms with Gasteiger partial charge in [0.15, 0.2) is 0 Å². The molecule has 0 bridgehead atoms. The summed E-state index contributed by atoms with van der Waals surface area (Å²) in [5.41, 5.74) is 2.36. The van der Waals surface area contributed by atoms with Crippen molar-refractivity contribution in [3.8, 4) is 0 Å². The molecule has 0 unspecified atom stereocenters. The van der Waals surface area contributed by atoms with E-state index in [-0.39, 0.29) is 4.90 Å². The molecule has 0 N–H and O–H groups in total. The number of aliphatic imine (C=N–C) groups is 1. The molecule has 27 heavy (non-hydrogen) atoms. The summed E-state index contributed by atoms with van der Waals surface area (Å²) in [6.45, 7) is 1.92. The van der Waals surface area contributed by atoms with Gasteiger partial charge in [-0.05, 0) is 49.4 Å². The van der Waals surface area contributed by atoms with Crippen molar-refractivity contribution in [2.75, 3.05) is 4.31 Å². The van der Waals surface area contributed by atoms with E-state index < -0.39 is 10.0 Å². The molecule has 0 aliphatic heterocycles. The summed E-state index contributed by atoms with van der Waals surface area (Å²) >= 11 is 0. The topological polar surface area (TPSA) is 49.7 Å². The third kappa shape index (κ3) is 4.71. The number of rotatable bonds is 6. The summed E-state index contributed by atoms with van der Waals surface area (Å²) in [5.74, 6) is 0. The Balaban J connectivity index is 1.93. The van der Waals surface area contributed by atoms with Gasteiger partial charge in [-0.15, -0.1) is 0 Å². The molecule has 0 spiro atoms. The van der Waals surface area contributed by atoms with Crippen LogP contribution in [0.3, 0.4) is 0 Å². The molecule has 5 heteroatoms. The Morgan fingerprint density at radius 1 is 0.815 bits per heavy atom. The molecule has 0 radical (unpaired) electrons. The summed E-state index contributed by atoms with van der Waals surface area (Å²) in [7, 11) is -3.73. The highest BCUT2D eigenvalue weighted by atomic mass is 32.2. The SMILES string of the molecule is Cc1ccc(S(=O)(=O)N(/C=C/C=Nc2ccccc2)c2ccccc2)cc1. The number of aryl methyl sites for hydroxylation is 1. The van der Waals surface area contributed by atoms with Crippen LogP contribution in [-0.4, -0.2) is 14.6 Å². The van der Waals surface area contributed by atoms with Gasteiger partial charge in [0.1, 0.15) is 0 Å². The highest BCUT2D eigenvalue weighted by Gasteiger charge is 2.22. The minimum absolute atomic E-state index is 0.238. The lowest BCUT2D eigenvalue weighted by Gasteiger charge is -2.20. The van der Waals surface area contributed by atoms with Crippen LogP contribution in [0.2, 0.25) is 0 Å². The fraction of sp³-hybridized carbons (Fsp3) is 0.0455. The molecule has 3 aromatic carbocycles.